The lowest BCUT2D eigenvalue weighted by Crippen LogP contribution is -2.14. The average molecular weight is 331 g/mol. The Labute approximate surface area is 123 Å². The molecule has 0 spiro atoms. The van der Waals surface area contributed by atoms with Gasteiger partial charge in [-0.25, -0.2) is 4.98 Å². The molecule has 0 fully saturated rings. The summed E-state index contributed by atoms with van der Waals surface area (Å²) in [5.41, 5.74) is 2.49. The first-order chi connectivity index (χ1) is 9.72. The Balaban J connectivity index is 1.75. The van der Waals surface area contributed by atoms with E-state index in [0.717, 1.165) is 21.5 Å². The molecule has 0 bridgehead atoms. The summed E-state index contributed by atoms with van der Waals surface area (Å²) in [6, 6.07) is 7.34. The van der Waals surface area contributed by atoms with Crippen LogP contribution in [0.5, 0.6) is 0 Å². The van der Waals surface area contributed by atoms with E-state index in [9.17, 15) is 4.79 Å². The Morgan fingerprint density at radius 3 is 2.85 bits per heavy atom. The van der Waals surface area contributed by atoms with Gasteiger partial charge in [0.1, 0.15) is 10.3 Å². The van der Waals surface area contributed by atoms with Crippen molar-refractivity contribution in [3.63, 3.8) is 0 Å². The van der Waals surface area contributed by atoms with Gasteiger partial charge in [0, 0.05) is 18.6 Å². The predicted octanol–water partition coefficient (Wildman–Crippen LogP) is 2.67. The highest BCUT2D eigenvalue weighted by atomic mass is 79.9. The van der Waals surface area contributed by atoms with E-state index in [1.165, 1.54) is 0 Å². The highest BCUT2D eigenvalue weighted by molar-refractivity contribution is 9.10. The normalized spacial score (nSPS) is 10.7. The number of aromatic nitrogens is 3. The summed E-state index contributed by atoms with van der Waals surface area (Å²) in [4.78, 5) is 20.1. The van der Waals surface area contributed by atoms with Gasteiger partial charge in [0.25, 0.3) is 0 Å². The van der Waals surface area contributed by atoms with Crippen LogP contribution in [0.2, 0.25) is 0 Å². The largest absolute Gasteiger partial charge is 0.324 e. The summed E-state index contributed by atoms with van der Waals surface area (Å²) in [5, 5.41) is 2.87. The predicted molar refractivity (Wildman–Crippen MR) is 79.5 cm³/mol. The molecule has 0 aliphatic carbocycles. The van der Waals surface area contributed by atoms with Crippen molar-refractivity contribution in [2.75, 3.05) is 5.32 Å². The molecule has 0 unspecified atom stereocenters. The van der Waals surface area contributed by atoms with E-state index < -0.39 is 0 Å². The van der Waals surface area contributed by atoms with Crippen LogP contribution in [-0.2, 0) is 11.2 Å². The van der Waals surface area contributed by atoms with Gasteiger partial charge in [0.05, 0.1) is 18.3 Å². The molecule has 1 amide bonds. The number of nitrogens with zero attached hydrogens (tertiary/aromatic N) is 3. The standard InChI is InChI=1S/C14H11BrN4O/c15-12-8-17-13-2-1-11(9-19(12)13)18-14(20)7-10-3-5-16-6-4-10/h1-6,8-9H,7H2,(H,18,20). The molecule has 0 atom stereocenters. The summed E-state index contributed by atoms with van der Waals surface area (Å²) < 4.78 is 2.71. The Hall–Kier alpha value is -2.21. The van der Waals surface area contributed by atoms with Crippen molar-refractivity contribution in [2.45, 2.75) is 6.42 Å². The molecule has 5 nitrogen and oxygen atoms in total. The van der Waals surface area contributed by atoms with Crippen LogP contribution in [0.4, 0.5) is 5.69 Å². The molecule has 3 heterocycles. The zero-order valence-electron chi connectivity index (χ0n) is 10.5. The topological polar surface area (TPSA) is 59.3 Å². The van der Waals surface area contributed by atoms with E-state index in [4.69, 9.17) is 0 Å². The number of fused-ring (bicyclic) bond motifs is 1. The lowest BCUT2D eigenvalue weighted by molar-refractivity contribution is -0.115. The first-order valence-electron chi connectivity index (χ1n) is 6.04. The fourth-order valence-corrected chi connectivity index (χ4v) is 2.30. The number of nitrogens with one attached hydrogen (secondary N) is 1. The van der Waals surface area contributed by atoms with Gasteiger partial charge >= 0.3 is 0 Å². The van der Waals surface area contributed by atoms with E-state index in [1.807, 2.05) is 34.9 Å². The molecule has 0 aliphatic rings. The number of rotatable bonds is 3. The number of carbonyl (C=O) groups excluding carboxylic acids is 1. The van der Waals surface area contributed by atoms with Gasteiger partial charge in [-0.3, -0.25) is 14.2 Å². The molecular weight excluding hydrogens is 320 g/mol. The Morgan fingerprint density at radius 1 is 1.25 bits per heavy atom. The van der Waals surface area contributed by atoms with Gasteiger partial charge in [-0.15, -0.1) is 0 Å². The molecule has 0 saturated carbocycles. The minimum atomic E-state index is -0.0632. The van der Waals surface area contributed by atoms with Crippen molar-refractivity contribution in [2.24, 2.45) is 0 Å². The molecule has 0 aromatic carbocycles. The van der Waals surface area contributed by atoms with Gasteiger partial charge in [-0.2, -0.15) is 0 Å². The van der Waals surface area contributed by atoms with Crippen LogP contribution < -0.4 is 5.32 Å². The summed E-state index contributed by atoms with van der Waals surface area (Å²) in [5.74, 6) is -0.0632. The molecule has 0 radical (unpaired) electrons. The second-order valence-corrected chi connectivity index (χ2v) is 5.12. The Bertz CT molecular complexity index is 754. The van der Waals surface area contributed by atoms with E-state index >= 15 is 0 Å². The number of halogens is 1. The fourth-order valence-electron chi connectivity index (χ4n) is 1.92. The maximum absolute atomic E-state index is 12.0. The Morgan fingerprint density at radius 2 is 2.05 bits per heavy atom. The molecule has 20 heavy (non-hydrogen) atoms. The summed E-state index contributed by atoms with van der Waals surface area (Å²) >= 11 is 3.40. The smallest absolute Gasteiger partial charge is 0.228 e. The zero-order valence-corrected chi connectivity index (χ0v) is 12.0. The average Bonchev–Trinajstić information content (AvgIpc) is 2.81. The monoisotopic (exact) mass is 330 g/mol. The van der Waals surface area contributed by atoms with Crippen molar-refractivity contribution in [1.29, 1.82) is 0 Å². The third kappa shape index (κ3) is 2.70. The van der Waals surface area contributed by atoms with Crippen LogP contribution in [0.3, 0.4) is 0 Å². The van der Waals surface area contributed by atoms with Crippen molar-refractivity contribution in [3.05, 3.63) is 59.2 Å². The number of anilines is 1. The molecule has 0 saturated heterocycles. The van der Waals surface area contributed by atoms with E-state index in [-0.39, 0.29) is 5.91 Å². The number of hydrogen-bond acceptors (Lipinski definition) is 3. The number of imidazole rings is 1. The van der Waals surface area contributed by atoms with Crippen molar-refractivity contribution >= 4 is 33.2 Å². The fraction of sp³-hybridized carbons (Fsp3) is 0.0714. The molecule has 1 N–H and O–H groups in total. The first-order valence-corrected chi connectivity index (χ1v) is 6.83. The van der Waals surface area contributed by atoms with Crippen LogP contribution in [0.1, 0.15) is 5.56 Å². The number of carbonyl (C=O) groups is 1. The highest BCUT2D eigenvalue weighted by Gasteiger charge is 2.06. The van der Waals surface area contributed by atoms with Crippen LogP contribution in [0.25, 0.3) is 5.65 Å². The highest BCUT2D eigenvalue weighted by Crippen LogP contribution is 2.16. The van der Waals surface area contributed by atoms with Gasteiger partial charge in [0.15, 0.2) is 0 Å². The van der Waals surface area contributed by atoms with Crippen LogP contribution >= 0.6 is 15.9 Å². The number of pyridine rings is 2. The molecule has 0 aliphatic heterocycles. The van der Waals surface area contributed by atoms with Crippen LogP contribution in [0.15, 0.2) is 53.7 Å². The molecule has 100 valence electrons. The van der Waals surface area contributed by atoms with E-state index in [1.54, 1.807) is 18.6 Å². The quantitative estimate of drug-likeness (QED) is 0.803. The number of hydrogen-bond donors (Lipinski definition) is 1. The molecular formula is C14H11BrN4O. The number of amides is 1. The minimum absolute atomic E-state index is 0.0632. The van der Waals surface area contributed by atoms with Gasteiger partial charge < -0.3 is 5.32 Å². The SMILES string of the molecule is O=C(Cc1ccncc1)Nc1ccc2ncc(Br)n2c1. The summed E-state index contributed by atoms with van der Waals surface area (Å²) in [7, 11) is 0. The van der Waals surface area contributed by atoms with Crippen molar-refractivity contribution < 1.29 is 4.79 Å². The van der Waals surface area contributed by atoms with Gasteiger partial charge in [-0.1, -0.05) is 0 Å². The van der Waals surface area contributed by atoms with E-state index in [2.05, 4.69) is 31.2 Å². The third-order valence-electron chi connectivity index (χ3n) is 2.86. The van der Waals surface area contributed by atoms with Crippen LogP contribution in [-0.4, -0.2) is 20.3 Å². The molecule has 3 aromatic rings. The molecule has 6 heteroatoms. The lowest BCUT2D eigenvalue weighted by atomic mass is 10.2. The van der Waals surface area contributed by atoms with Gasteiger partial charge in [0.2, 0.25) is 5.91 Å². The van der Waals surface area contributed by atoms with E-state index in [0.29, 0.717) is 6.42 Å². The maximum atomic E-state index is 12.0. The zero-order chi connectivity index (χ0) is 13.9. The minimum Gasteiger partial charge on any atom is -0.324 e. The van der Waals surface area contributed by atoms with Crippen molar-refractivity contribution in [3.8, 4) is 0 Å². The van der Waals surface area contributed by atoms with Crippen molar-refractivity contribution in [1.82, 2.24) is 14.4 Å². The summed E-state index contributed by atoms with van der Waals surface area (Å²) in [6.45, 7) is 0. The molecule has 3 rings (SSSR count). The van der Waals surface area contributed by atoms with Gasteiger partial charge in [-0.05, 0) is 45.8 Å². The Kier molecular flexibility index (Phi) is 3.47. The summed E-state index contributed by atoms with van der Waals surface area (Å²) in [6.07, 6.45) is 7.23. The lowest BCUT2D eigenvalue weighted by Gasteiger charge is -2.06. The third-order valence-corrected chi connectivity index (χ3v) is 3.45. The first kappa shape index (κ1) is 12.8. The van der Waals surface area contributed by atoms with Crippen LogP contribution in [0, 0.1) is 0 Å². The molecule has 3 aromatic heterocycles. The maximum Gasteiger partial charge on any atom is 0.228 e. The second kappa shape index (κ2) is 5.42. The second-order valence-electron chi connectivity index (χ2n) is 4.31.